The molecule has 0 spiro atoms. The third kappa shape index (κ3) is 4.30. The zero-order valence-electron chi connectivity index (χ0n) is 17.2. The molecule has 0 saturated carbocycles. The monoisotopic (exact) mass is 379 g/mol. The van der Waals surface area contributed by atoms with E-state index in [1.807, 2.05) is 27.7 Å². The summed E-state index contributed by atoms with van der Waals surface area (Å²) in [5.41, 5.74) is 1.43. The van der Waals surface area contributed by atoms with E-state index in [1.54, 1.807) is 11.3 Å². The Morgan fingerprint density at radius 3 is 2.38 bits per heavy atom. The van der Waals surface area contributed by atoms with E-state index in [0.29, 0.717) is 23.1 Å². The SMILES string of the molecule is CCOC(=O)c1c(NC(=O)C(C)(C)C)sc2c1CCC(C(C)(C)CC)C2. The normalized spacial score (nSPS) is 17.6. The molecule has 0 aliphatic heterocycles. The number of carbonyl (C=O) groups excluding carboxylic acids is 2. The van der Waals surface area contributed by atoms with Crippen LogP contribution in [0.3, 0.4) is 0 Å². The number of fused-ring (bicyclic) bond motifs is 1. The fourth-order valence-corrected chi connectivity index (χ4v) is 4.65. The van der Waals surface area contributed by atoms with Gasteiger partial charge in [-0.05, 0) is 43.1 Å². The Hall–Kier alpha value is -1.36. The Balaban J connectivity index is 2.40. The molecule has 5 heteroatoms. The van der Waals surface area contributed by atoms with Crippen molar-refractivity contribution in [2.24, 2.45) is 16.7 Å². The summed E-state index contributed by atoms with van der Waals surface area (Å²) in [5, 5.41) is 3.65. The van der Waals surface area contributed by atoms with Gasteiger partial charge in [0.15, 0.2) is 0 Å². The lowest BCUT2D eigenvalue weighted by molar-refractivity contribution is -0.123. The Morgan fingerprint density at radius 1 is 1.19 bits per heavy atom. The van der Waals surface area contributed by atoms with E-state index in [0.717, 1.165) is 31.2 Å². The summed E-state index contributed by atoms with van der Waals surface area (Å²) in [5.74, 6) is 0.203. The molecule has 4 nitrogen and oxygen atoms in total. The third-order valence-electron chi connectivity index (χ3n) is 5.67. The van der Waals surface area contributed by atoms with Gasteiger partial charge in [0, 0.05) is 10.3 Å². The second-order valence-electron chi connectivity index (χ2n) is 8.91. The minimum Gasteiger partial charge on any atom is -0.462 e. The lowest BCUT2D eigenvalue weighted by Gasteiger charge is -2.36. The number of ether oxygens (including phenoxy) is 1. The number of anilines is 1. The number of amides is 1. The number of thiophene rings is 1. The second kappa shape index (κ2) is 7.71. The van der Waals surface area contributed by atoms with E-state index >= 15 is 0 Å². The Kier molecular flexibility index (Phi) is 6.21. The molecule has 1 aromatic rings. The minimum atomic E-state index is -0.511. The highest BCUT2D eigenvalue weighted by Crippen LogP contribution is 2.45. The maximum atomic E-state index is 12.6. The number of hydrogen-bond donors (Lipinski definition) is 1. The second-order valence-corrected chi connectivity index (χ2v) is 10.0. The largest absolute Gasteiger partial charge is 0.462 e. The van der Waals surface area contributed by atoms with Crippen molar-refractivity contribution in [2.75, 3.05) is 11.9 Å². The molecule has 1 atom stereocenters. The van der Waals surface area contributed by atoms with Crippen molar-refractivity contribution in [3.05, 3.63) is 16.0 Å². The lowest BCUT2D eigenvalue weighted by Crippen LogP contribution is -2.29. The van der Waals surface area contributed by atoms with Gasteiger partial charge in [0.25, 0.3) is 0 Å². The average molecular weight is 380 g/mol. The smallest absolute Gasteiger partial charge is 0.341 e. The van der Waals surface area contributed by atoms with Gasteiger partial charge >= 0.3 is 5.97 Å². The van der Waals surface area contributed by atoms with Gasteiger partial charge < -0.3 is 10.1 Å². The van der Waals surface area contributed by atoms with Crippen LogP contribution in [0.1, 0.15) is 82.1 Å². The fourth-order valence-electron chi connectivity index (χ4n) is 3.34. The molecule has 2 rings (SSSR count). The predicted molar refractivity (Wildman–Crippen MR) is 108 cm³/mol. The van der Waals surface area contributed by atoms with E-state index in [-0.39, 0.29) is 17.3 Å². The molecule has 0 fully saturated rings. The molecule has 0 radical (unpaired) electrons. The zero-order valence-corrected chi connectivity index (χ0v) is 18.1. The van der Waals surface area contributed by atoms with Gasteiger partial charge in [-0.25, -0.2) is 4.79 Å². The third-order valence-corrected chi connectivity index (χ3v) is 6.84. The first-order valence-electron chi connectivity index (χ1n) is 9.64. The first-order valence-corrected chi connectivity index (χ1v) is 10.5. The van der Waals surface area contributed by atoms with Crippen molar-refractivity contribution in [1.82, 2.24) is 0 Å². The lowest BCUT2D eigenvalue weighted by atomic mass is 9.69. The van der Waals surface area contributed by atoms with E-state index in [2.05, 4.69) is 26.1 Å². The Labute approximate surface area is 161 Å². The summed E-state index contributed by atoms with van der Waals surface area (Å²) >= 11 is 1.56. The molecule has 0 bridgehead atoms. The molecular weight excluding hydrogens is 346 g/mol. The van der Waals surface area contributed by atoms with Gasteiger partial charge in [0.1, 0.15) is 5.00 Å². The van der Waals surface area contributed by atoms with Crippen LogP contribution in [0.2, 0.25) is 0 Å². The minimum absolute atomic E-state index is 0.0768. The highest BCUT2D eigenvalue weighted by atomic mass is 32.1. The topological polar surface area (TPSA) is 55.4 Å². The van der Waals surface area contributed by atoms with Crippen LogP contribution in [-0.4, -0.2) is 18.5 Å². The average Bonchev–Trinajstić information content (AvgIpc) is 2.91. The Bertz CT molecular complexity index is 682. The number of carbonyl (C=O) groups is 2. The summed E-state index contributed by atoms with van der Waals surface area (Å²) in [6.45, 7) is 14.7. The van der Waals surface area contributed by atoms with Crippen LogP contribution in [0.4, 0.5) is 5.00 Å². The maximum Gasteiger partial charge on any atom is 0.341 e. The van der Waals surface area contributed by atoms with Crippen molar-refractivity contribution < 1.29 is 14.3 Å². The van der Waals surface area contributed by atoms with E-state index in [1.165, 1.54) is 4.88 Å². The first-order chi connectivity index (χ1) is 12.0. The molecule has 1 unspecified atom stereocenters. The molecule has 146 valence electrons. The van der Waals surface area contributed by atoms with Crippen LogP contribution >= 0.6 is 11.3 Å². The quantitative estimate of drug-likeness (QED) is 0.692. The summed E-state index contributed by atoms with van der Waals surface area (Å²) in [6.07, 6.45) is 4.05. The highest BCUT2D eigenvalue weighted by molar-refractivity contribution is 7.17. The highest BCUT2D eigenvalue weighted by Gasteiger charge is 2.36. The zero-order chi connectivity index (χ0) is 19.7. The van der Waals surface area contributed by atoms with Gasteiger partial charge in [-0.2, -0.15) is 0 Å². The van der Waals surface area contributed by atoms with Crippen molar-refractivity contribution in [3.63, 3.8) is 0 Å². The van der Waals surface area contributed by atoms with Gasteiger partial charge in [-0.3, -0.25) is 4.79 Å². The summed E-state index contributed by atoms with van der Waals surface area (Å²) in [4.78, 5) is 26.3. The van der Waals surface area contributed by atoms with Crippen LogP contribution in [0.25, 0.3) is 0 Å². The van der Waals surface area contributed by atoms with Crippen molar-refractivity contribution in [2.45, 2.75) is 74.1 Å². The van der Waals surface area contributed by atoms with Crippen molar-refractivity contribution in [3.8, 4) is 0 Å². The molecule has 1 N–H and O–H groups in total. The van der Waals surface area contributed by atoms with Crippen LogP contribution < -0.4 is 5.32 Å². The van der Waals surface area contributed by atoms with Crippen LogP contribution in [0, 0.1) is 16.7 Å². The maximum absolute atomic E-state index is 12.6. The van der Waals surface area contributed by atoms with Crippen LogP contribution in [0.5, 0.6) is 0 Å². The molecule has 1 heterocycles. The molecule has 26 heavy (non-hydrogen) atoms. The number of esters is 1. The van der Waals surface area contributed by atoms with E-state index < -0.39 is 5.41 Å². The van der Waals surface area contributed by atoms with Gasteiger partial charge in [-0.15, -0.1) is 11.3 Å². The van der Waals surface area contributed by atoms with Crippen LogP contribution in [0.15, 0.2) is 0 Å². The summed E-state index contributed by atoms with van der Waals surface area (Å²) in [7, 11) is 0. The molecule has 1 aromatic heterocycles. The van der Waals surface area contributed by atoms with Crippen molar-refractivity contribution in [1.29, 1.82) is 0 Å². The standard InChI is InChI=1S/C21H33NO3S/c1-8-21(6,7)13-10-11-14-15(12-13)26-17(16(14)18(23)25-9-2)22-19(24)20(3,4)5/h13H,8-12H2,1-7H3,(H,22,24). The molecule has 1 aliphatic rings. The molecular formula is C21H33NO3S. The molecule has 1 aliphatic carbocycles. The summed E-state index contributed by atoms with van der Waals surface area (Å²) < 4.78 is 5.29. The Morgan fingerprint density at radius 2 is 1.85 bits per heavy atom. The number of hydrogen-bond acceptors (Lipinski definition) is 4. The number of rotatable bonds is 5. The molecule has 1 amide bonds. The van der Waals surface area contributed by atoms with E-state index in [9.17, 15) is 9.59 Å². The summed E-state index contributed by atoms with van der Waals surface area (Å²) in [6, 6.07) is 0. The number of nitrogens with one attached hydrogen (secondary N) is 1. The molecule has 0 aromatic carbocycles. The van der Waals surface area contributed by atoms with Crippen molar-refractivity contribution >= 4 is 28.2 Å². The van der Waals surface area contributed by atoms with Gasteiger partial charge in [0.2, 0.25) is 5.91 Å². The van der Waals surface area contributed by atoms with Crippen LogP contribution in [-0.2, 0) is 22.4 Å². The van der Waals surface area contributed by atoms with Gasteiger partial charge in [0.05, 0.1) is 12.2 Å². The van der Waals surface area contributed by atoms with E-state index in [4.69, 9.17) is 4.74 Å². The molecule has 0 saturated heterocycles. The predicted octanol–water partition coefficient (Wildman–Crippen LogP) is 5.45. The van der Waals surface area contributed by atoms with Gasteiger partial charge in [-0.1, -0.05) is 48.0 Å². The fraction of sp³-hybridized carbons (Fsp3) is 0.714. The first kappa shape index (κ1) is 20.9.